The average molecular weight is 308 g/mol. The summed E-state index contributed by atoms with van der Waals surface area (Å²) in [7, 11) is -2.49. The second kappa shape index (κ2) is 4.94. The Morgan fingerprint density at radius 2 is 1.88 bits per heavy atom. The van der Waals surface area contributed by atoms with Crippen LogP contribution in [0.3, 0.4) is 0 Å². The van der Waals surface area contributed by atoms with Gasteiger partial charge in [-0.3, -0.25) is 4.79 Å². The van der Waals surface area contributed by atoms with Gasteiger partial charge in [0.2, 0.25) is 10.0 Å². The van der Waals surface area contributed by atoms with Crippen LogP contribution in [-0.4, -0.2) is 37.4 Å². The standard InChI is InChI=1S/C9H10BrNO4S/c1-11(6-9(12)13)16(14,15)8-4-2-7(10)3-5-8/h2-5H,6H2,1H3,(H,12,13). The van der Waals surface area contributed by atoms with Gasteiger partial charge in [0, 0.05) is 11.5 Å². The lowest BCUT2D eigenvalue weighted by atomic mass is 10.4. The number of carboxylic acids is 1. The zero-order valence-corrected chi connectivity index (χ0v) is 10.8. The fourth-order valence-electron chi connectivity index (χ4n) is 1.06. The molecule has 7 heteroatoms. The van der Waals surface area contributed by atoms with Crippen molar-refractivity contribution in [1.29, 1.82) is 0 Å². The molecule has 0 spiro atoms. The van der Waals surface area contributed by atoms with Gasteiger partial charge in [0.05, 0.1) is 4.90 Å². The molecule has 0 aliphatic carbocycles. The third-order valence-corrected chi connectivity index (χ3v) is 4.23. The Hall–Kier alpha value is -0.920. The van der Waals surface area contributed by atoms with Gasteiger partial charge in [0.15, 0.2) is 0 Å². The number of sulfonamides is 1. The van der Waals surface area contributed by atoms with Crippen molar-refractivity contribution in [3.63, 3.8) is 0 Å². The molecule has 0 heterocycles. The van der Waals surface area contributed by atoms with Crippen molar-refractivity contribution in [2.24, 2.45) is 0 Å². The second-order valence-electron chi connectivity index (χ2n) is 3.11. The maximum atomic E-state index is 11.8. The molecule has 1 rings (SSSR count). The van der Waals surface area contributed by atoms with Gasteiger partial charge in [0.25, 0.3) is 0 Å². The van der Waals surface area contributed by atoms with Crippen molar-refractivity contribution >= 4 is 31.9 Å². The molecule has 0 unspecified atom stereocenters. The number of likely N-dealkylation sites (N-methyl/N-ethyl adjacent to an activating group) is 1. The first kappa shape index (κ1) is 13.1. The quantitative estimate of drug-likeness (QED) is 0.905. The van der Waals surface area contributed by atoms with E-state index >= 15 is 0 Å². The zero-order chi connectivity index (χ0) is 12.3. The van der Waals surface area contributed by atoms with Gasteiger partial charge in [-0.25, -0.2) is 8.42 Å². The summed E-state index contributed by atoms with van der Waals surface area (Å²) >= 11 is 3.19. The molecule has 0 aliphatic rings. The van der Waals surface area contributed by atoms with E-state index in [-0.39, 0.29) is 4.90 Å². The summed E-state index contributed by atoms with van der Waals surface area (Å²) in [6, 6.07) is 6.00. The number of rotatable bonds is 4. The van der Waals surface area contributed by atoms with Gasteiger partial charge in [0.1, 0.15) is 6.54 Å². The maximum absolute atomic E-state index is 11.8. The summed E-state index contributed by atoms with van der Waals surface area (Å²) in [4.78, 5) is 10.5. The molecule has 0 aliphatic heterocycles. The van der Waals surface area contributed by atoms with Gasteiger partial charge in [-0.2, -0.15) is 4.31 Å². The zero-order valence-electron chi connectivity index (χ0n) is 8.42. The Bertz CT molecular complexity index is 483. The van der Waals surface area contributed by atoms with Gasteiger partial charge in [-0.05, 0) is 24.3 Å². The van der Waals surface area contributed by atoms with Crippen molar-refractivity contribution in [1.82, 2.24) is 4.31 Å². The molecule has 0 bridgehead atoms. The van der Waals surface area contributed by atoms with Crippen LogP contribution in [0.1, 0.15) is 0 Å². The predicted octanol–water partition coefficient (Wildman–Crippen LogP) is 1.15. The molecule has 1 aromatic rings. The summed E-state index contributed by atoms with van der Waals surface area (Å²) in [5.74, 6) is -1.19. The van der Waals surface area contributed by atoms with E-state index in [1.54, 1.807) is 12.1 Å². The fourth-order valence-corrected chi connectivity index (χ4v) is 2.45. The molecule has 0 atom stereocenters. The Balaban J connectivity index is 3.02. The van der Waals surface area contributed by atoms with E-state index in [1.165, 1.54) is 19.2 Å². The Morgan fingerprint density at radius 1 is 1.38 bits per heavy atom. The maximum Gasteiger partial charge on any atom is 0.318 e. The van der Waals surface area contributed by atoms with E-state index < -0.39 is 22.5 Å². The molecule has 1 N–H and O–H groups in total. The molecule has 16 heavy (non-hydrogen) atoms. The van der Waals surface area contributed by atoms with Crippen molar-refractivity contribution in [2.75, 3.05) is 13.6 Å². The molecule has 0 aromatic heterocycles. The first-order chi connectivity index (χ1) is 7.34. The first-order valence-electron chi connectivity index (χ1n) is 4.28. The molecule has 0 saturated carbocycles. The number of carboxylic acid groups (broad SMARTS) is 1. The highest BCUT2D eigenvalue weighted by Gasteiger charge is 2.22. The van der Waals surface area contributed by atoms with Crippen LogP contribution in [0, 0.1) is 0 Å². The minimum atomic E-state index is -3.72. The summed E-state index contributed by atoms with van der Waals surface area (Å²) in [6.45, 7) is -0.557. The Kier molecular flexibility index (Phi) is 4.06. The number of hydrogen-bond donors (Lipinski definition) is 1. The van der Waals surface area contributed by atoms with E-state index in [1.807, 2.05) is 0 Å². The molecule has 88 valence electrons. The van der Waals surface area contributed by atoms with Gasteiger partial charge in [-0.15, -0.1) is 0 Å². The number of halogens is 1. The summed E-state index contributed by atoms with van der Waals surface area (Å²) < 4.78 is 25.2. The third kappa shape index (κ3) is 3.03. The number of hydrogen-bond acceptors (Lipinski definition) is 3. The topological polar surface area (TPSA) is 74.7 Å². The highest BCUT2D eigenvalue weighted by atomic mass is 79.9. The first-order valence-corrected chi connectivity index (χ1v) is 6.51. The van der Waals surface area contributed by atoms with Crippen molar-refractivity contribution < 1.29 is 18.3 Å². The number of aliphatic carboxylic acids is 1. The van der Waals surface area contributed by atoms with Crippen LogP contribution >= 0.6 is 15.9 Å². The van der Waals surface area contributed by atoms with Gasteiger partial charge >= 0.3 is 5.97 Å². The van der Waals surface area contributed by atoms with Crippen LogP contribution in [-0.2, 0) is 14.8 Å². The van der Waals surface area contributed by atoms with Crippen molar-refractivity contribution in [3.05, 3.63) is 28.7 Å². The van der Waals surface area contributed by atoms with Gasteiger partial charge in [-0.1, -0.05) is 15.9 Å². The second-order valence-corrected chi connectivity index (χ2v) is 6.07. The molecule has 5 nitrogen and oxygen atoms in total. The molecular formula is C9H10BrNO4S. The van der Waals surface area contributed by atoms with Crippen LogP contribution in [0.2, 0.25) is 0 Å². The normalized spacial score (nSPS) is 11.7. The summed E-state index contributed by atoms with van der Waals surface area (Å²) in [5, 5.41) is 8.52. The van der Waals surface area contributed by atoms with E-state index in [9.17, 15) is 13.2 Å². The lowest BCUT2D eigenvalue weighted by molar-refractivity contribution is -0.137. The van der Waals surface area contributed by atoms with Crippen LogP contribution in [0.15, 0.2) is 33.6 Å². The SMILES string of the molecule is CN(CC(=O)O)S(=O)(=O)c1ccc(Br)cc1. The molecular weight excluding hydrogens is 298 g/mol. The monoisotopic (exact) mass is 307 g/mol. The molecule has 0 saturated heterocycles. The van der Waals surface area contributed by atoms with Crippen molar-refractivity contribution in [2.45, 2.75) is 4.90 Å². The Labute approximate surface area is 102 Å². The smallest absolute Gasteiger partial charge is 0.318 e. The van der Waals surface area contributed by atoms with E-state index in [4.69, 9.17) is 5.11 Å². The van der Waals surface area contributed by atoms with Gasteiger partial charge < -0.3 is 5.11 Å². The minimum Gasteiger partial charge on any atom is -0.480 e. The average Bonchev–Trinajstić information content (AvgIpc) is 2.17. The lowest BCUT2D eigenvalue weighted by Gasteiger charge is -2.14. The fraction of sp³-hybridized carbons (Fsp3) is 0.222. The van der Waals surface area contributed by atoms with Crippen LogP contribution in [0.5, 0.6) is 0 Å². The summed E-state index contributed by atoms with van der Waals surface area (Å²) in [5.41, 5.74) is 0. The highest BCUT2D eigenvalue weighted by Crippen LogP contribution is 2.17. The van der Waals surface area contributed by atoms with E-state index in [0.717, 1.165) is 8.78 Å². The Morgan fingerprint density at radius 3 is 2.31 bits per heavy atom. The number of nitrogens with zero attached hydrogens (tertiary/aromatic N) is 1. The summed E-state index contributed by atoms with van der Waals surface area (Å²) in [6.07, 6.45) is 0. The lowest BCUT2D eigenvalue weighted by Crippen LogP contribution is -2.31. The van der Waals surface area contributed by atoms with Crippen LogP contribution in [0.4, 0.5) is 0 Å². The molecule has 0 amide bonds. The molecule has 0 fully saturated rings. The van der Waals surface area contributed by atoms with Crippen LogP contribution in [0.25, 0.3) is 0 Å². The number of benzene rings is 1. The van der Waals surface area contributed by atoms with Crippen LogP contribution < -0.4 is 0 Å². The van der Waals surface area contributed by atoms with E-state index in [2.05, 4.69) is 15.9 Å². The minimum absolute atomic E-state index is 0.0689. The largest absolute Gasteiger partial charge is 0.480 e. The molecule has 0 radical (unpaired) electrons. The molecule has 1 aromatic carbocycles. The number of carbonyl (C=O) groups is 1. The van der Waals surface area contributed by atoms with E-state index in [0.29, 0.717) is 0 Å². The van der Waals surface area contributed by atoms with Crippen molar-refractivity contribution in [3.8, 4) is 0 Å². The highest BCUT2D eigenvalue weighted by molar-refractivity contribution is 9.10. The third-order valence-electron chi connectivity index (χ3n) is 1.88. The predicted molar refractivity (Wildman–Crippen MR) is 61.6 cm³/mol.